The van der Waals surface area contributed by atoms with Gasteiger partial charge in [-0.3, -0.25) is 9.59 Å². The van der Waals surface area contributed by atoms with Crippen LogP contribution in [-0.4, -0.2) is 51.3 Å². The van der Waals surface area contributed by atoms with E-state index in [2.05, 4.69) is 10.6 Å². The van der Waals surface area contributed by atoms with Crippen molar-refractivity contribution < 1.29 is 31.9 Å². The molecule has 7 rings (SSSR count). The minimum Gasteiger partial charge on any atom is -0.494 e. The smallest absolute Gasteiger partial charge is 0.251 e. The summed E-state index contributed by atoms with van der Waals surface area (Å²) in [4.78, 5) is 24.8. The van der Waals surface area contributed by atoms with Gasteiger partial charge in [0, 0.05) is 25.7 Å². The molecular formula is C34H32FN3O6S. The Hall–Kier alpha value is -4.74. The molecule has 0 radical (unpaired) electrons. The maximum Gasteiger partial charge on any atom is 0.251 e. The lowest BCUT2D eigenvalue weighted by Gasteiger charge is -2.37. The van der Waals surface area contributed by atoms with E-state index in [0.717, 1.165) is 11.1 Å². The van der Waals surface area contributed by atoms with Crippen molar-refractivity contribution in [3.8, 4) is 17.2 Å². The molecule has 232 valence electrons. The number of halogens is 1. The van der Waals surface area contributed by atoms with E-state index in [0.29, 0.717) is 48.6 Å². The van der Waals surface area contributed by atoms with Gasteiger partial charge in [-0.2, -0.15) is 4.31 Å². The van der Waals surface area contributed by atoms with Crippen LogP contribution in [0.5, 0.6) is 17.2 Å². The molecule has 1 atom stereocenters. The molecule has 2 amide bonds. The van der Waals surface area contributed by atoms with Crippen LogP contribution in [0.3, 0.4) is 0 Å². The molecule has 2 N–H and O–H groups in total. The molecule has 3 aliphatic rings. The summed E-state index contributed by atoms with van der Waals surface area (Å²) in [6.07, 6.45) is 0.989. The largest absolute Gasteiger partial charge is 0.494 e. The summed E-state index contributed by atoms with van der Waals surface area (Å²) in [5.41, 5.74) is 3.13. The number of nitrogens with zero attached hydrogens (tertiary/aromatic N) is 1. The van der Waals surface area contributed by atoms with Gasteiger partial charge in [-0.25, -0.2) is 12.8 Å². The zero-order chi connectivity index (χ0) is 31.6. The molecule has 4 aromatic carbocycles. The second-order valence-electron chi connectivity index (χ2n) is 10.9. The summed E-state index contributed by atoms with van der Waals surface area (Å²) in [6.45, 7) is 0.868. The molecule has 0 fully saturated rings. The van der Waals surface area contributed by atoms with Crippen molar-refractivity contribution in [1.82, 2.24) is 14.9 Å². The Kier molecular flexibility index (Phi) is 8.55. The minimum absolute atomic E-state index is 0.00679. The van der Waals surface area contributed by atoms with E-state index in [9.17, 15) is 22.4 Å². The molecular weight excluding hydrogens is 597 g/mol. The maximum atomic E-state index is 14.8. The first-order valence-corrected chi connectivity index (χ1v) is 16.1. The summed E-state index contributed by atoms with van der Waals surface area (Å²) in [5.74, 6) is -0.207. The van der Waals surface area contributed by atoms with Crippen LogP contribution in [0.2, 0.25) is 0 Å². The molecule has 45 heavy (non-hydrogen) atoms. The minimum atomic E-state index is -4.08. The van der Waals surface area contributed by atoms with E-state index >= 15 is 0 Å². The zero-order valence-corrected chi connectivity index (χ0v) is 25.4. The topological polar surface area (TPSA) is 114 Å². The van der Waals surface area contributed by atoms with E-state index in [1.807, 2.05) is 18.2 Å². The number of hydrogen-bond acceptors (Lipinski definition) is 6. The molecule has 0 saturated carbocycles. The highest BCUT2D eigenvalue weighted by Gasteiger charge is 2.38. The van der Waals surface area contributed by atoms with E-state index in [1.165, 1.54) is 35.6 Å². The highest BCUT2D eigenvalue weighted by molar-refractivity contribution is 7.89. The van der Waals surface area contributed by atoms with Gasteiger partial charge in [0.1, 0.15) is 11.5 Å². The van der Waals surface area contributed by atoms with E-state index in [-0.39, 0.29) is 41.0 Å². The van der Waals surface area contributed by atoms with Crippen LogP contribution >= 0.6 is 0 Å². The summed E-state index contributed by atoms with van der Waals surface area (Å²) in [5, 5.41) is 5.39. The molecule has 3 heterocycles. The van der Waals surface area contributed by atoms with Gasteiger partial charge in [0.15, 0.2) is 11.6 Å². The Labute approximate surface area is 261 Å². The molecule has 9 nitrogen and oxygen atoms in total. The average molecular weight is 630 g/mol. The predicted molar refractivity (Wildman–Crippen MR) is 165 cm³/mol. The van der Waals surface area contributed by atoms with Crippen LogP contribution in [0.15, 0.2) is 89.8 Å². The van der Waals surface area contributed by atoms with Gasteiger partial charge in [0.25, 0.3) is 5.91 Å². The molecule has 0 spiro atoms. The van der Waals surface area contributed by atoms with Crippen molar-refractivity contribution in [3.63, 3.8) is 0 Å². The third kappa shape index (κ3) is 6.40. The molecule has 0 saturated heterocycles. The quantitative estimate of drug-likeness (QED) is 0.338. The lowest BCUT2D eigenvalue weighted by molar-refractivity contribution is -0.120. The fourth-order valence-corrected chi connectivity index (χ4v) is 7.34. The van der Waals surface area contributed by atoms with E-state index < -0.39 is 21.9 Å². The van der Waals surface area contributed by atoms with Gasteiger partial charge in [-0.1, -0.05) is 30.3 Å². The van der Waals surface area contributed by atoms with Crippen molar-refractivity contribution in [3.05, 3.63) is 119 Å². The van der Waals surface area contributed by atoms with Crippen LogP contribution in [0.1, 0.15) is 45.1 Å². The molecule has 3 aliphatic heterocycles. The first kappa shape index (κ1) is 30.3. The predicted octanol–water partition coefficient (Wildman–Crippen LogP) is 4.76. The van der Waals surface area contributed by atoms with Crippen LogP contribution < -0.4 is 20.1 Å². The highest BCUT2D eigenvalue weighted by Crippen LogP contribution is 2.41. The second kappa shape index (κ2) is 12.7. The number of rotatable bonds is 3. The van der Waals surface area contributed by atoms with Gasteiger partial charge in [0.2, 0.25) is 15.9 Å². The van der Waals surface area contributed by atoms with Gasteiger partial charge < -0.3 is 20.1 Å². The Balaban J connectivity index is 1.44. The van der Waals surface area contributed by atoms with Crippen molar-refractivity contribution in [1.29, 1.82) is 0 Å². The average Bonchev–Trinajstić information content (AvgIpc) is 3.05. The van der Waals surface area contributed by atoms with Crippen LogP contribution in [0.25, 0.3) is 0 Å². The fraction of sp³-hybridized carbons (Fsp3) is 0.235. The van der Waals surface area contributed by atoms with Crippen molar-refractivity contribution >= 4 is 21.8 Å². The summed E-state index contributed by atoms with van der Waals surface area (Å²) in [6, 6.07) is 22.2. The monoisotopic (exact) mass is 629 g/mol. The number of hydrogen-bond donors (Lipinski definition) is 2. The lowest BCUT2D eigenvalue weighted by Crippen LogP contribution is -2.40. The van der Waals surface area contributed by atoms with Crippen molar-refractivity contribution in [2.24, 2.45) is 0 Å². The second-order valence-corrected chi connectivity index (χ2v) is 12.8. The number of amides is 2. The zero-order valence-electron chi connectivity index (χ0n) is 24.6. The number of benzene rings is 4. The first-order valence-electron chi connectivity index (χ1n) is 14.7. The third-order valence-electron chi connectivity index (χ3n) is 7.90. The van der Waals surface area contributed by atoms with E-state index in [4.69, 9.17) is 9.47 Å². The number of fused-ring (bicyclic) bond motifs is 7. The number of carbonyl (C=O) groups excluding carboxylic acids is 2. The first-order chi connectivity index (χ1) is 21.7. The Morgan fingerprint density at radius 2 is 1.84 bits per heavy atom. The van der Waals surface area contributed by atoms with Crippen molar-refractivity contribution in [2.45, 2.75) is 30.2 Å². The van der Waals surface area contributed by atoms with Crippen molar-refractivity contribution in [2.75, 3.05) is 26.7 Å². The van der Waals surface area contributed by atoms with Gasteiger partial charge in [-0.05, 0) is 89.7 Å². The number of ether oxygens (including phenoxy) is 2. The maximum absolute atomic E-state index is 14.8. The van der Waals surface area contributed by atoms with E-state index in [1.54, 1.807) is 42.5 Å². The molecule has 8 bridgehead atoms. The van der Waals surface area contributed by atoms with Crippen LogP contribution in [-0.2, 0) is 27.7 Å². The Morgan fingerprint density at radius 3 is 2.69 bits per heavy atom. The molecule has 11 heteroatoms. The van der Waals surface area contributed by atoms with Gasteiger partial charge >= 0.3 is 0 Å². The molecule has 0 aromatic heterocycles. The Morgan fingerprint density at radius 1 is 1.00 bits per heavy atom. The molecule has 1 unspecified atom stereocenters. The molecule has 0 aliphatic carbocycles. The number of nitrogens with one attached hydrogen (secondary N) is 2. The van der Waals surface area contributed by atoms with Gasteiger partial charge in [-0.15, -0.1) is 0 Å². The summed E-state index contributed by atoms with van der Waals surface area (Å²) >= 11 is 0. The normalized spacial score (nSPS) is 17.1. The number of sulfonamides is 1. The third-order valence-corrected chi connectivity index (χ3v) is 9.76. The Bertz CT molecular complexity index is 1880. The fourth-order valence-electron chi connectivity index (χ4n) is 5.70. The number of carbonyl (C=O) groups is 2. The summed E-state index contributed by atoms with van der Waals surface area (Å²) < 4.78 is 56.7. The van der Waals surface area contributed by atoms with Crippen LogP contribution in [0.4, 0.5) is 4.39 Å². The lowest BCUT2D eigenvalue weighted by atomic mass is 9.89. The molecule has 4 aromatic rings. The van der Waals surface area contributed by atoms with Gasteiger partial charge in [0.05, 0.1) is 24.0 Å². The van der Waals surface area contributed by atoms with Crippen LogP contribution in [0, 0.1) is 5.82 Å². The SMILES string of the molecule is CNC(=O)c1cccc(S(=O)(=O)N2CCc3cc4ccc3C2c2cccc(c2)OCCCNC(=O)Cc2ccc(F)c(c2)O4)c1. The summed E-state index contributed by atoms with van der Waals surface area (Å²) in [7, 11) is -2.59. The highest BCUT2D eigenvalue weighted by atomic mass is 32.2. The standard InChI is InChI=1S/C34H32FN3O6S/c1-36-34(40)25-6-3-8-28(21-25)45(41,42)38-15-13-23-19-27-10-11-29(23)33(38)24-5-2-7-26(20-24)43-16-4-14-37-32(39)18-22-9-12-30(35)31(17-22)44-27/h2-3,5-12,17,19-21,33H,4,13-16,18H2,1H3,(H,36,40)(H,37,39).